The molecule has 98 valence electrons. The number of rotatable bonds is 11. The molecule has 0 aromatic rings. The summed E-state index contributed by atoms with van der Waals surface area (Å²) in [7, 11) is 0. The van der Waals surface area contributed by atoms with E-state index in [0.717, 1.165) is 38.5 Å². The van der Waals surface area contributed by atoms with E-state index in [-0.39, 0.29) is 0 Å². The molecule has 0 rings (SSSR count). The van der Waals surface area contributed by atoms with E-state index in [0.29, 0.717) is 6.04 Å². The first-order valence-corrected chi connectivity index (χ1v) is 6.83. The molecule has 0 amide bonds. The van der Waals surface area contributed by atoms with Crippen molar-refractivity contribution in [2.75, 3.05) is 26.2 Å². The van der Waals surface area contributed by atoms with E-state index in [4.69, 9.17) is 5.73 Å². The average Bonchev–Trinajstić information content (AvgIpc) is 2.23. The Kier molecular flexibility index (Phi) is 11.3. The Morgan fingerprint density at radius 1 is 1.00 bits per heavy atom. The highest BCUT2D eigenvalue weighted by atomic mass is 14.9. The van der Waals surface area contributed by atoms with E-state index >= 15 is 0 Å². The van der Waals surface area contributed by atoms with Crippen molar-refractivity contribution in [3.05, 3.63) is 0 Å². The molecule has 0 saturated carbocycles. The minimum atomic E-state index is 0.324. The molecule has 0 aromatic heterocycles. The average molecular weight is 229 g/mol. The number of nitrogens with two attached hydrogens (primary N) is 1. The maximum atomic E-state index is 5.68. The number of nitrogens with one attached hydrogen (secondary N) is 2. The molecule has 3 heteroatoms. The fourth-order valence-electron chi connectivity index (χ4n) is 1.66. The molecule has 2 atom stereocenters. The fraction of sp³-hybridized carbons (Fsp3) is 1.00. The van der Waals surface area contributed by atoms with Crippen LogP contribution in [0.3, 0.4) is 0 Å². The van der Waals surface area contributed by atoms with Gasteiger partial charge in [-0.3, -0.25) is 0 Å². The fourth-order valence-corrected chi connectivity index (χ4v) is 1.66. The summed E-state index contributed by atoms with van der Waals surface area (Å²) in [6.45, 7) is 11.1. The quantitative estimate of drug-likeness (QED) is 0.473. The van der Waals surface area contributed by atoms with Crippen LogP contribution in [0, 0.1) is 5.92 Å². The smallest absolute Gasteiger partial charge is 0.00225 e. The molecule has 0 spiro atoms. The molecule has 0 aliphatic heterocycles. The summed E-state index contributed by atoms with van der Waals surface area (Å²) in [5, 5.41) is 6.90. The Morgan fingerprint density at radius 2 is 1.75 bits per heavy atom. The van der Waals surface area contributed by atoms with Gasteiger partial charge in [0.1, 0.15) is 0 Å². The van der Waals surface area contributed by atoms with Crippen LogP contribution in [0.15, 0.2) is 0 Å². The first-order chi connectivity index (χ1) is 7.66. The SMILES string of the molecule is CCCNCC(C)CCCNCCC(C)N. The highest BCUT2D eigenvalue weighted by Crippen LogP contribution is 2.02. The van der Waals surface area contributed by atoms with Crippen molar-refractivity contribution in [1.82, 2.24) is 10.6 Å². The van der Waals surface area contributed by atoms with Gasteiger partial charge in [0.05, 0.1) is 0 Å². The molecule has 0 fully saturated rings. The second-order valence-electron chi connectivity index (χ2n) is 4.97. The summed E-state index contributed by atoms with van der Waals surface area (Å²) in [5.41, 5.74) is 5.68. The predicted octanol–water partition coefficient (Wildman–Crippen LogP) is 1.73. The van der Waals surface area contributed by atoms with Crippen LogP contribution in [-0.4, -0.2) is 32.2 Å². The van der Waals surface area contributed by atoms with E-state index in [9.17, 15) is 0 Å². The van der Waals surface area contributed by atoms with Crippen LogP contribution in [-0.2, 0) is 0 Å². The van der Waals surface area contributed by atoms with Gasteiger partial charge in [0.15, 0.2) is 0 Å². The van der Waals surface area contributed by atoms with Crippen LogP contribution < -0.4 is 16.4 Å². The Labute approximate surface area is 102 Å². The molecular formula is C13H31N3. The second kappa shape index (κ2) is 11.4. The summed E-state index contributed by atoms with van der Waals surface area (Å²) in [5.74, 6) is 0.793. The van der Waals surface area contributed by atoms with Crippen LogP contribution in [0.5, 0.6) is 0 Å². The molecule has 0 saturated heterocycles. The van der Waals surface area contributed by atoms with Gasteiger partial charge in [-0.05, 0) is 64.7 Å². The first kappa shape index (κ1) is 15.9. The lowest BCUT2D eigenvalue weighted by Crippen LogP contribution is -2.25. The summed E-state index contributed by atoms with van der Waals surface area (Å²) in [4.78, 5) is 0. The van der Waals surface area contributed by atoms with Crippen LogP contribution in [0.25, 0.3) is 0 Å². The van der Waals surface area contributed by atoms with Crippen molar-refractivity contribution in [3.8, 4) is 0 Å². The van der Waals surface area contributed by atoms with Gasteiger partial charge in [0.25, 0.3) is 0 Å². The molecule has 0 aromatic carbocycles. The van der Waals surface area contributed by atoms with Crippen molar-refractivity contribution >= 4 is 0 Å². The lowest BCUT2D eigenvalue weighted by molar-refractivity contribution is 0.455. The van der Waals surface area contributed by atoms with E-state index in [1.54, 1.807) is 0 Å². The molecule has 0 radical (unpaired) electrons. The molecule has 0 heterocycles. The van der Waals surface area contributed by atoms with Crippen LogP contribution in [0.2, 0.25) is 0 Å². The van der Waals surface area contributed by atoms with Crippen molar-refractivity contribution in [3.63, 3.8) is 0 Å². The van der Waals surface area contributed by atoms with E-state index < -0.39 is 0 Å². The van der Waals surface area contributed by atoms with Crippen LogP contribution in [0.1, 0.15) is 46.5 Å². The van der Waals surface area contributed by atoms with Crippen LogP contribution in [0.4, 0.5) is 0 Å². The Morgan fingerprint density at radius 3 is 2.38 bits per heavy atom. The molecule has 0 bridgehead atoms. The highest BCUT2D eigenvalue weighted by molar-refractivity contribution is 4.60. The molecule has 3 nitrogen and oxygen atoms in total. The highest BCUT2D eigenvalue weighted by Gasteiger charge is 2.00. The van der Waals surface area contributed by atoms with Gasteiger partial charge in [0.2, 0.25) is 0 Å². The molecule has 4 N–H and O–H groups in total. The normalized spacial score (nSPS) is 15.0. The first-order valence-electron chi connectivity index (χ1n) is 6.83. The standard InChI is InChI=1S/C13H31N3/c1-4-8-16-11-12(2)6-5-9-15-10-7-13(3)14/h12-13,15-16H,4-11,14H2,1-3H3. The molecule has 0 aliphatic rings. The number of hydrogen-bond donors (Lipinski definition) is 3. The summed E-state index contributed by atoms with van der Waals surface area (Å²) in [6.07, 6.45) is 4.88. The second-order valence-corrected chi connectivity index (χ2v) is 4.97. The summed E-state index contributed by atoms with van der Waals surface area (Å²) >= 11 is 0. The lowest BCUT2D eigenvalue weighted by atomic mass is 10.1. The Bertz CT molecular complexity index is 137. The number of hydrogen-bond acceptors (Lipinski definition) is 3. The zero-order valence-corrected chi connectivity index (χ0v) is 11.4. The van der Waals surface area contributed by atoms with Gasteiger partial charge in [-0.1, -0.05) is 13.8 Å². The minimum Gasteiger partial charge on any atom is -0.328 e. The van der Waals surface area contributed by atoms with Crippen molar-refractivity contribution in [1.29, 1.82) is 0 Å². The zero-order chi connectivity index (χ0) is 12.2. The van der Waals surface area contributed by atoms with E-state index in [2.05, 4.69) is 31.4 Å². The van der Waals surface area contributed by atoms with E-state index in [1.165, 1.54) is 19.3 Å². The van der Waals surface area contributed by atoms with Crippen LogP contribution >= 0.6 is 0 Å². The van der Waals surface area contributed by atoms with Gasteiger partial charge < -0.3 is 16.4 Å². The topological polar surface area (TPSA) is 50.1 Å². The summed E-state index contributed by atoms with van der Waals surface area (Å²) < 4.78 is 0. The van der Waals surface area contributed by atoms with Gasteiger partial charge in [-0.25, -0.2) is 0 Å². The molecule has 16 heavy (non-hydrogen) atoms. The molecule has 0 aliphatic carbocycles. The van der Waals surface area contributed by atoms with Gasteiger partial charge in [-0.2, -0.15) is 0 Å². The van der Waals surface area contributed by atoms with E-state index in [1.807, 2.05) is 0 Å². The minimum absolute atomic E-state index is 0.324. The third kappa shape index (κ3) is 12.0. The lowest BCUT2D eigenvalue weighted by Gasteiger charge is -2.12. The van der Waals surface area contributed by atoms with Crippen molar-refractivity contribution < 1.29 is 0 Å². The monoisotopic (exact) mass is 229 g/mol. The van der Waals surface area contributed by atoms with Crippen molar-refractivity contribution in [2.45, 2.75) is 52.5 Å². The van der Waals surface area contributed by atoms with Crippen molar-refractivity contribution in [2.24, 2.45) is 11.7 Å². The third-order valence-corrected chi connectivity index (χ3v) is 2.75. The maximum Gasteiger partial charge on any atom is 0.00225 e. The summed E-state index contributed by atoms with van der Waals surface area (Å²) in [6, 6.07) is 0.324. The van der Waals surface area contributed by atoms with Gasteiger partial charge in [-0.15, -0.1) is 0 Å². The van der Waals surface area contributed by atoms with Gasteiger partial charge in [0, 0.05) is 6.04 Å². The maximum absolute atomic E-state index is 5.68. The Hall–Kier alpha value is -0.120. The Balaban J connectivity index is 3.12. The molecular weight excluding hydrogens is 198 g/mol. The molecule has 2 unspecified atom stereocenters. The zero-order valence-electron chi connectivity index (χ0n) is 11.4. The third-order valence-electron chi connectivity index (χ3n) is 2.75. The largest absolute Gasteiger partial charge is 0.328 e. The van der Waals surface area contributed by atoms with Gasteiger partial charge >= 0.3 is 0 Å². The predicted molar refractivity (Wildman–Crippen MR) is 72.7 cm³/mol.